The standard InChI is InChI=1S/C28H32N4O5/c1-17(2)25(32-15-20-5-3-4-6-22(20)27(32)35)28(36)31-16-21(33)13-23(31)26(34)29-14-18-7-9-19(10-8-18)24-11-12-30-37-24/h3-12,17,21,23,25,27,33,35H,13-16H2,1-2H3,(H,29,34)/t21-,23+,25+,27?/m1/s1. The molecule has 1 fully saturated rings. The number of carbonyl (C=O) groups excluding carboxylic acids is 2. The third kappa shape index (κ3) is 5.02. The number of nitrogens with one attached hydrogen (secondary N) is 1. The molecule has 2 amide bonds. The Kier molecular flexibility index (Phi) is 7.10. The second kappa shape index (κ2) is 10.5. The second-order valence-corrected chi connectivity index (χ2v) is 10.1. The van der Waals surface area contributed by atoms with Gasteiger partial charge in [0.25, 0.3) is 0 Å². The van der Waals surface area contributed by atoms with E-state index in [9.17, 15) is 19.8 Å². The van der Waals surface area contributed by atoms with Gasteiger partial charge in [-0.2, -0.15) is 0 Å². The summed E-state index contributed by atoms with van der Waals surface area (Å²) in [6.45, 7) is 4.69. The Morgan fingerprint density at radius 1 is 1.11 bits per heavy atom. The van der Waals surface area contributed by atoms with E-state index in [1.807, 2.05) is 62.4 Å². The van der Waals surface area contributed by atoms with E-state index in [1.54, 1.807) is 17.2 Å². The van der Waals surface area contributed by atoms with Crippen molar-refractivity contribution >= 4 is 11.8 Å². The Hall–Kier alpha value is -3.53. The van der Waals surface area contributed by atoms with Crippen LogP contribution in [0.4, 0.5) is 0 Å². The van der Waals surface area contributed by atoms with Gasteiger partial charge >= 0.3 is 0 Å². The van der Waals surface area contributed by atoms with Crippen molar-refractivity contribution in [3.05, 3.63) is 77.5 Å². The molecule has 0 bridgehead atoms. The normalized spacial score (nSPS) is 22.3. The van der Waals surface area contributed by atoms with Crippen LogP contribution in [0.3, 0.4) is 0 Å². The largest absolute Gasteiger partial charge is 0.391 e. The van der Waals surface area contributed by atoms with Crippen LogP contribution < -0.4 is 5.32 Å². The zero-order chi connectivity index (χ0) is 26.1. The molecule has 9 nitrogen and oxygen atoms in total. The van der Waals surface area contributed by atoms with Crippen LogP contribution in [-0.4, -0.2) is 61.7 Å². The summed E-state index contributed by atoms with van der Waals surface area (Å²) in [6.07, 6.45) is 0.0802. The quantitative estimate of drug-likeness (QED) is 0.452. The summed E-state index contributed by atoms with van der Waals surface area (Å²) in [5.74, 6) is -0.0108. The van der Waals surface area contributed by atoms with Crippen LogP contribution in [0.1, 0.15) is 43.2 Å². The smallest absolute Gasteiger partial charge is 0.243 e. The van der Waals surface area contributed by atoms with E-state index in [4.69, 9.17) is 4.52 Å². The van der Waals surface area contributed by atoms with Gasteiger partial charge in [-0.3, -0.25) is 14.5 Å². The van der Waals surface area contributed by atoms with Crippen molar-refractivity contribution in [2.45, 2.75) is 57.8 Å². The van der Waals surface area contributed by atoms with Gasteiger partial charge < -0.3 is 25.0 Å². The molecule has 2 aliphatic rings. The van der Waals surface area contributed by atoms with Crippen LogP contribution in [0, 0.1) is 5.92 Å². The molecule has 4 atom stereocenters. The molecular formula is C28H32N4O5. The van der Waals surface area contributed by atoms with E-state index in [-0.39, 0.29) is 37.2 Å². The lowest BCUT2D eigenvalue weighted by Crippen LogP contribution is -2.54. The van der Waals surface area contributed by atoms with E-state index in [0.717, 1.165) is 22.3 Å². The van der Waals surface area contributed by atoms with Crippen molar-refractivity contribution in [3.8, 4) is 11.3 Å². The Balaban J connectivity index is 1.27. The molecule has 3 heterocycles. The molecular weight excluding hydrogens is 472 g/mol. The lowest BCUT2D eigenvalue weighted by Gasteiger charge is -2.36. The lowest BCUT2D eigenvalue weighted by molar-refractivity contribution is -0.149. The molecule has 9 heteroatoms. The van der Waals surface area contributed by atoms with E-state index in [2.05, 4.69) is 10.5 Å². The summed E-state index contributed by atoms with van der Waals surface area (Å²) in [7, 11) is 0. The fourth-order valence-electron chi connectivity index (χ4n) is 5.39. The van der Waals surface area contributed by atoms with Crippen LogP contribution in [0.2, 0.25) is 0 Å². The molecule has 2 aromatic carbocycles. The van der Waals surface area contributed by atoms with Gasteiger partial charge in [0.15, 0.2) is 5.76 Å². The highest BCUT2D eigenvalue weighted by Crippen LogP contribution is 2.36. The average molecular weight is 505 g/mol. The summed E-state index contributed by atoms with van der Waals surface area (Å²) in [5.41, 5.74) is 3.56. The first kappa shape index (κ1) is 25.1. The van der Waals surface area contributed by atoms with Crippen LogP contribution in [0.25, 0.3) is 11.3 Å². The highest BCUT2D eigenvalue weighted by molar-refractivity contribution is 5.90. The van der Waals surface area contributed by atoms with Gasteiger partial charge in [0, 0.05) is 37.7 Å². The molecule has 3 N–H and O–H groups in total. The van der Waals surface area contributed by atoms with E-state index < -0.39 is 24.4 Å². The molecule has 1 saturated heterocycles. The molecule has 0 aliphatic carbocycles. The van der Waals surface area contributed by atoms with Crippen LogP contribution in [0.5, 0.6) is 0 Å². The van der Waals surface area contributed by atoms with Crippen LogP contribution >= 0.6 is 0 Å². The van der Waals surface area contributed by atoms with Gasteiger partial charge in [-0.05, 0) is 22.6 Å². The first-order valence-electron chi connectivity index (χ1n) is 12.6. The number of β-amino-alcohol motifs (C(OH)–C–C–N with tert-alkyl or cyclic N) is 1. The number of likely N-dealkylation sites (tertiary alicyclic amines) is 1. The van der Waals surface area contributed by atoms with Crippen molar-refractivity contribution in [1.29, 1.82) is 0 Å². The predicted molar refractivity (Wildman–Crippen MR) is 135 cm³/mol. The number of carbonyl (C=O) groups is 2. The van der Waals surface area contributed by atoms with Gasteiger partial charge in [-0.25, -0.2) is 0 Å². The molecule has 5 rings (SSSR count). The average Bonchev–Trinajstić information content (AvgIpc) is 3.63. The van der Waals surface area contributed by atoms with Crippen molar-refractivity contribution in [2.24, 2.45) is 5.92 Å². The van der Waals surface area contributed by atoms with E-state index >= 15 is 0 Å². The van der Waals surface area contributed by atoms with Gasteiger partial charge in [-0.1, -0.05) is 67.5 Å². The maximum atomic E-state index is 13.8. The fourth-order valence-corrected chi connectivity index (χ4v) is 5.39. The highest BCUT2D eigenvalue weighted by atomic mass is 16.5. The number of aromatic nitrogens is 1. The Labute approximate surface area is 215 Å². The third-order valence-electron chi connectivity index (χ3n) is 7.25. The first-order valence-corrected chi connectivity index (χ1v) is 12.6. The molecule has 0 saturated carbocycles. The summed E-state index contributed by atoms with van der Waals surface area (Å²) in [5, 5.41) is 28.0. The van der Waals surface area contributed by atoms with Crippen LogP contribution in [-0.2, 0) is 22.7 Å². The Morgan fingerprint density at radius 2 is 1.86 bits per heavy atom. The molecule has 194 valence electrons. The Bertz CT molecular complexity index is 1240. The van der Waals surface area contributed by atoms with Gasteiger partial charge in [-0.15, -0.1) is 0 Å². The molecule has 1 aromatic heterocycles. The number of aliphatic hydroxyl groups excluding tert-OH is 2. The maximum Gasteiger partial charge on any atom is 0.243 e. The Morgan fingerprint density at radius 3 is 2.54 bits per heavy atom. The van der Waals surface area contributed by atoms with Crippen molar-refractivity contribution in [3.63, 3.8) is 0 Å². The van der Waals surface area contributed by atoms with Crippen molar-refractivity contribution in [1.82, 2.24) is 20.3 Å². The molecule has 1 unspecified atom stereocenters. The van der Waals surface area contributed by atoms with Gasteiger partial charge in [0.2, 0.25) is 11.8 Å². The number of hydrogen-bond donors (Lipinski definition) is 3. The third-order valence-corrected chi connectivity index (χ3v) is 7.25. The number of fused-ring (bicyclic) bond motifs is 1. The topological polar surface area (TPSA) is 119 Å². The summed E-state index contributed by atoms with van der Waals surface area (Å²) >= 11 is 0. The molecule has 2 aliphatic heterocycles. The molecule has 0 radical (unpaired) electrons. The zero-order valence-electron chi connectivity index (χ0n) is 20.9. The molecule has 3 aromatic rings. The van der Waals surface area contributed by atoms with Crippen molar-refractivity contribution < 1.29 is 24.3 Å². The second-order valence-electron chi connectivity index (χ2n) is 10.1. The van der Waals surface area contributed by atoms with Gasteiger partial charge in [0.1, 0.15) is 12.3 Å². The first-order chi connectivity index (χ1) is 17.8. The number of hydrogen-bond acceptors (Lipinski definition) is 7. The van der Waals surface area contributed by atoms with Gasteiger partial charge in [0.05, 0.1) is 18.3 Å². The predicted octanol–water partition coefficient (Wildman–Crippen LogP) is 2.45. The summed E-state index contributed by atoms with van der Waals surface area (Å²) < 4.78 is 5.17. The number of rotatable bonds is 7. The minimum Gasteiger partial charge on any atom is -0.391 e. The monoisotopic (exact) mass is 504 g/mol. The number of benzene rings is 2. The summed E-state index contributed by atoms with van der Waals surface area (Å²) in [4.78, 5) is 30.3. The van der Waals surface area contributed by atoms with Crippen molar-refractivity contribution in [2.75, 3.05) is 6.54 Å². The SMILES string of the molecule is CC(C)[C@@H](C(=O)N1C[C@H](O)C[C@H]1C(=O)NCc1ccc(-c2ccno2)cc1)N1Cc2ccccc2C1O. The molecule has 37 heavy (non-hydrogen) atoms. The highest BCUT2D eigenvalue weighted by Gasteiger charge is 2.46. The number of nitrogens with zero attached hydrogens (tertiary/aromatic N) is 3. The summed E-state index contributed by atoms with van der Waals surface area (Å²) in [6, 6.07) is 15.6. The fraction of sp³-hybridized carbons (Fsp3) is 0.393. The number of aliphatic hydroxyl groups is 2. The minimum absolute atomic E-state index is 0.0862. The maximum absolute atomic E-state index is 13.8. The zero-order valence-corrected chi connectivity index (χ0v) is 20.9. The molecule has 0 spiro atoms. The number of amides is 2. The van der Waals surface area contributed by atoms with Crippen LogP contribution in [0.15, 0.2) is 65.3 Å². The lowest BCUT2D eigenvalue weighted by atomic mass is 10.00. The van der Waals surface area contributed by atoms with E-state index in [1.165, 1.54) is 4.90 Å². The minimum atomic E-state index is -0.896. The van der Waals surface area contributed by atoms with E-state index in [0.29, 0.717) is 12.3 Å².